The summed E-state index contributed by atoms with van der Waals surface area (Å²) in [5, 5.41) is 3.35. The summed E-state index contributed by atoms with van der Waals surface area (Å²) in [7, 11) is 0. The minimum absolute atomic E-state index is 0.00842. The Kier molecular flexibility index (Phi) is 4.91. The van der Waals surface area contributed by atoms with E-state index in [0.29, 0.717) is 6.54 Å². The zero-order chi connectivity index (χ0) is 15.3. The van der Waals surface area contributed by atoms with E-state index in [1.165, 1.54) is 5.56 Å². The fraction of sp³-hybridized carbons (Fsp3) is 0.412. The normalized spacial score (nSPS) is 11.6. The molecule has 4 nitrogen and oxygen atoms in total. The van der Waals surface area contributed by atoms with E-state index in [-0.39, 0.29) is 11.1 Å². The molecule has 0 amide bonds. The molecule has 0 bridgehead atoms. The molecule has 112 valence electrons. The lowest BCUT2D eigenvalue weighted by Crippen LogP contribution is -2.35. The third kappa shape index (κ3) is 5.52. The van der Waals surface area contributed by atoms with Crippen LogP contribution in [0.2, 0.25) is 0 Å². The van der Waals surface area contributed by atoms with Gasteiger partial charge in [-0.25, -0.2) is 4.98 Å². The standard InChI is InChI=1S/C17H23N3O/c1-17(2,3)18-12-14-11-16(21)20-15(19-14)10-9-13-7-5-4-6-8-13/h4-8,11,18H,9-10,12H2,1-3H3,(H,19,20,21). The fourth-order valence-corrected chi connectivity index (χ4v) is 2.04. The summed E-state index contributed by atoms with van der Waals surface area (Å²) in [6.07, 6.45) is 1.61. The van der Waals surface area contributed by atoms with Gasteiger partial charge in [0.15, 0.2) is 0 Å². The molecule has 2 N–H and O–H groups in total. The number of rotatable bonds is 5. The third-order valence-corrected chi connectivity index (χ3v) is 3.14. The number of aromatic nitrogens is 2. The predicted octanol–water partition coefficient (Wildman–Crippen LogP) is 2.44. The number of nitrogens with zero attached hydrogens (tertiary/aromatic N) is 1. The lowest BCUT2D eigenvalue weighted by Gasteiger charge is -2.20. The highest BCUT2D eigenvalue weighted by Crippen LogP contribution is 2.05. The Labute approximate surface area is 125 Å². The number of nitrogens with one attached hydrogen (secondary N) is 2. The van der Waals surface area contributed by atoms with E-state index >= 15 is 0 Å². The monoisotopic (exact) mass is 285 g/mol. The van der Waals surface area contributed by atoms with Gasteiger partial charge >= 0.3 is 0 Å². The van der Waals surface area contributed by atoms with E-state index in [4.69, 9.17) is 0 Å². The van der Waals surface area contributed by atoms with Gasteiger partial charge in [-0.3, -0.25) is 4.79 Å². The van der Waals surface area contributed by atoms with Crippen molar-refractivity contribution < 1.29 is 0 Å². The van der Waals surface area contributed by atoms with Crippen molar-refractivity contribution in [3.8, 4) is 0 Å². The molecule has 0 aliphatic rings. The second-order valence-corrected chi connectivity index (χ2v) is 6.27. The van der Waals surface area contributed by atoms with Crippen molar-refractivity contribution in [1.29, 1.82) is 0 Å². The fourth-order valence-electron chi connectivity index (χ4n) is 2.04. The van der Waals surface area contributed by atoms with E-state index in [2.05, 4.69) is 48.2 Å². The molecule has 0 saturated heterocycles. The molecule has 0 radical (unpaired) electrons. The summed E-state index contributed by atoms with van der Waals surface area (Å²) in [6.45, 7) is 6.88. The molecule has 21 heavy (non-hydrogen) atoms. The second-order valence-electron chi connectivity index (χ2n) is 6.27. The lowest BCUT2D eigenvalue weighted by molar-refractivity contribution is 0.420. The first-order valence-corrected chi connectivity index (χ1v) is 7.30. The van der Waals surface area contributed by atoms with E-state index in [9.17, 15) is 4.79 Å². The summed E-state index contributed by atoms with van der Waals surface area (Å²) in [4.78, 5) is 19.1. The van der Waals surface area contributed by atoms with Crippen LogP contribution in [0.3, 0.4) is 0 Å². The highest BCUT2D eigenvalue weighted by atomic mass is 16.1. The average molecular weight is 285 g/mol. The van der Waals surface area contributed by atoms with Gasteiger partial charge < -0.3 is 10.3 Å². The Hall–Kier alpha value is -1.94. The zero-order valence-electron chi connectivity index (χ0n) is 12.9. The summed E-state index contributed by atoms with van der Waals surface area (Å²) in [6, 6.07) is 11.8. The Bertz CT molecular complexity index is 626. The van der Waals surface area contributed by atoms with Gasteiger partial charge in [-0.1, -0.05) is 30.3 Å². The van der Waals surface area contributed by atoms with Crippen LogP contribution in [0.25, 0.3) is 0 Å². The van der Waals surface area contributed by atoms with Gasteiger partial charge in [0.05, 0.1) is 5.69 Å². The first kappa shape index (κ1) is 15.4. The van der Waals surface area contributed by atoms with Crippen LogP contribution in [-0.2, 0) is 19.4 Å². The summed E-state index contributed by atoms with van der Waals surface area (Å²) >= 11 is 0. The van der Waals surface area contributed by atoms with Crippen LogP contribution in [0, 0.1) is 0 Å². The van der Waals surface area contributed by atoms with E-state index in [1.54, 1.807) is 6.07 Å². The van der Waals surface area contributed by atoms with Crippen LogP contribution in [0.1, 0.15) is 37.9 Å². The second kappa shape index (κ2) is 6.68. The highest BCUT2D eigenvalue weighted by molar-refractivity contribution is 5.15. The molecule has 1 aromatic carbocycles. The smallest absolute Gasteiger partial charge is 0.251 e. The number of H-pyrrole nitrogens is 1. The topological polar surface area (TPSA) is 57.8 Å². The van der Waals surface area contributed by atoms with Crippen molar-refractivity contribution in [3.05, 3.63) is 63.8 Å². The van der Waals surface area contributed by atoms with Crippen LogP contribution in [-0.4, -0.2) is 15.5 Å². The van der Waals surface area contributed by atoms with Gasteiger partial charge in [0, 0.05) is 24.6 Å². The van der Waals surface area contributed by atoms with Gasteiger partial charge in [-0.2, -0.15) is 0 Å². The van der Waals surface area contributed by atoms with E-state index in [1.807, 2.05) is 18.2 Å². The number of benzene rings is 1. The molecule has 0 atom stereocenters. The molecule has 1 aromatic heterocycles. The predicted molar refractivity (Wildman–Crippen MR) is 85.3 cm³/mol. The maximum Gasteiger partial charge on any atom is 0.251 e. The van der Waals surface area contributed by atoms with Crippen LogP contribution >= 0.6 is 0 Å². The Balaban J connectivity index is 2.03. The van der Waals surface area contributed by atoms with E-state index < -0.39 is 0 Å². The molecule has 0 aliphatic carbocycles. The highest BCUT2D eigenvalue weighted by Gasteiger charge is 2.10. The van der Waals surface area contributed by atoms with E-state index in [0.717, 1.165) is 24.4 Å². The van der Waals surface area contributed by atoms with Crippen molar-refractivity contribution in [2.75, 3.05) is 0 Å². The molecule has 1 heterocycles. The molecule has 0 unspecified atom stereocenters. The van der Waals surface area contributed by atoms with Crippen LogP contribution in [0.15, 0.2) is 41.2 Å². The Morgan fingerprint density at radius 1 is 1.14 bits per heavy atom. The van der Waals surface area contributed by atoms with Crippen LogP contribution in [0.4, 0.5) is 0 Å². The van der Waals surface area contributed by atoms with Crippen molar-refractivity contribution in [1.82, 2.24) is 15.3 Å². The molecule has 0 aliphatic heterocycles. The molecular weight excluding hydrogens is 262 g/mol. The maximum absolute atomic E-state index is 11.7. The SMILES string of the molecule is CC(C)(C)NCc1cc(=O)[nH]c(CCc2ccccc2)n1. The van der Waals surface area contributed by atoms with Gasteiger partial charge in [0.1, 0.15) is 5.82 Å². The van der Waals surface area contributed by atoms with Crippen molar-refractivity contribution >= 4 is 0 Å². The maximum atomic E-state index is 11.7. The zero-order valence-corrected chi connectivity index (χ0v) is 12.9. The first-order chi connectivity index (χ1) is 9.92. The van der Waals surface area contributed by atoms with Crippen LogP contribution in [0.5, 0.6) is 0 Å². The van der Waals surface area contributed by atoms with Crippen LogP contribution < -0.4 is 10.9 Å². The largest absolute Gasteiger partial charge is 0.311 e. The molecule has 4 heteroatoms. The van der Waals surface area contributed by atoms with Crippen molar-refractivity contribution in [3.63, 3.8) is 0 Å². The average Bonchev–Trinajstić information content (AvgIpc) is 2.43. The molecule has 0 fully saturated rings. The van der Waals surface area contributed by atoms with Gasteiger partial charge in [-0.15, -0.1) is 0 Å². The summed E-state index contributed by atoms with van der Waals surface area (Å²) < 4.78 is 0. The quantitative estimate of drug-likeness (QED) is 0.887. The summed E-state index contributed by atoms with van der Waals surface area (Å²) in [5.41, 5.74) is 1.96. The number of aryl methyl sites for hydroxylation is 2. The molecule has 0 spiro atoms. The minimum Gasteiger partial charge on any atom is -0.311 e. The van der Waals surface area contributed by atoms with Gasteiger partial charge in [0.2, 0.25) is 0 Å². The molecule has 2 rings (SSSR count). The van der Waals surface area contributed by atoms with Gasteiger partial charge in [0.25, 0.3) is 5.56 Å². The Morgan fingerprint density at radius 3 is 2.52 bits per heavy atom. The number of aromatic amines is 1. The summed E-state index contributed by atoms with van der Waals surface area (Å²) in [5.74, 6) is 0.747. The third-order valence-electron chi connectivity index (χ3n) is 3.14. The van der Waals surface area contributed by atoms with Crippen molar-refractivity contribution in [2.24, 2.45) is 0 Å². The van der Waals surface area contributed by atoms with Crippen molar-refractivity contribution in [2.45, 2.75) is 45.7 Å². The number of hydrogen-bond acceptors (Lipinski definition) is 3. The molecular formula is C17H23N3O. The lowest BCUT2D eigenvalue weighted by atomic mass is 10.1. The van der Waals surface area contributed by atoms with Gasteiger partial charge in [-0.05, 0) is 32.8 Å². The molecule has 2 aromatic rings. The number of hydrogen-bond donors (Lipinski definition) is 2. The minimum atomic E-state index is -0.0845. The first-order valence-electron chi connectivity index (χ1n) is 7.30. The Morgan fingerprint density at radius 2 is 1.86 bits per heavy atom. The molecule has 0 saturated carbocycles.